The number of nitrogens with zero attached hydrogens (tertiary/aromatic N) is 3. The molecule has 0 atom stereocenters. The molecule has 0 bridgehead atoms. The van der Waals surface area contributed by atoms with Crippen molar-refractivity contribution >= 4 is 54.1 Å². The van der Waals surface area contributed by atoms with Gasteiger partial charge in [0.1, 0.15) is 0 Å². The van der Waals surface area contributed by atoms with Gasteiger partial charge in [-0.05, 0) is 33.7 Å². The van der Waals surface area contributed by atoms with E-state index in [1.165, 1.54) is 0 Å². The molecule has 0 unspecified atom stereocenters. The highest BCUT2D eigenvalue weighted by atomic mass is 35.7. The minimum absolute atomic E-state index is 1.09. The van der Waals surface area contributed by atoms with Crippen molar-refractivity contribution in [3.8, 4) is 0 Å². The van der Waals surface area contributed by atoms with Crippen LogP contribution in [0.2, 0.25) is 0 Å². The fourth-order valence-electron chi connectivity index (χ4n) is 0.873. The first-order valence-electron chi connectivity index (χ1n) is 4.19. The van der Waals surface area contributed by atoms with Gasteiger partial charge in [-0.15, -0.1) is 13.5 Å². The predicted molar refractivity (Wildman–Crippen MR) is 79.4 cm³/mol. The van der Waals surface area contributed by atoms with Crippen molar-refractivity contribution in [2.24, 2.45) is 13.5 Å². The molecule has 0 amide bonds. The van der Waals surface area contributed by atoms with Gasteiger partial charge < -0.3 is 13.6 Å². The van der Waals surface area contributed by atoms with Crippen LogP contribution < -0.4 is 0 Å². The zero-order valence-corrected chi connectivity index (χ0v) is 13.8. The summed E-state index contributed by atoms with van der Waals surface area (Å²) >= 11 is 18.3. The molecule has 18 heavy (non-hydrogen) atoms. The number of hydrogen-bond donors (Lipinski definition) is 0. The van der Waals surface area contributed by atoms with Crippen molar-refractivity contribution in [3.05, 3.63) is 38.5 Å². The Labute approximate surface area is 120 Å². The summed E-state index contributed by atoms with van der Waals surface area (Å²) in [5, 5.41) is 0. The maximum absolute atomic E-state index is 6.10. The summed E-state index contributed by atoms with van der Waals surface area (Å²) in [7, 11) is 0. The Hall–Kier alpha value is 0.180. The van der Waals surface area contributed by atoms with Crippen LogP contribution in [0.15, 0.2) is 52.1 Å². The second-order valence-electron chi connectivity index (χ2n) is 2.50. The van der Waals surface area contributed by atoms with E-state index >= 15 is 0 Å². The highest BCUT2D eigenvalue weighted by Crippen LogP contribution is 2.84. The Morgan fingerprint density at radius 3 is 1.06 bits per heavy atom. The van der Waals surface area contributed by atoms with Gasteiger partial charge in [0.2, 0.25) is 0 Å². The van der Waals surface area contributed by atoms with Gasteiger partial charge >= 0.3 is 20.4 Å². The summed E-state index contributed by atoms with van der Waals surface area (Å²) in [5.74, 6) is 0. The van der Waals surface area contributed by atoms with Crippen LogP contribution in [0.25, 0.3) is 0 Å². The highest BCUT2D eigenvalue weighted by molar-refractivity contribution is 8.05. The van der Waals surface area contributed by atoms with Gasteiger partial charge in [-0.2, -0.15) is 0 Å². The Morgan fingerprint density at radius 1 is 0.667 bits per heavy atom. The zero-order chi connectivity index (χ0) is 13.9. The van der Waals surface area contributed by atoms with E-state index in [-0.39, 0.29) is 0 Å². The summed E-state index contributed by atoms with van der Waals surface area (Å²) in [4.78, 5) is 0. The van der Waals surface area contributed by atoms with Crippen molar-refractivity contribution in [1.29, 1.82) is 0 Å². The van der Waals surface area contributed by atoms with E-state index < -0.39 is 20.4 Å². The molecule has 0 spiro atoms. The lowest BCUT2D eigenvalue weighted by Gasteiger charge is -2.24. The van der Waals surface area contributed by atoms with Crippen LogP contribution in [0.3, 0.4) is 0 Å². The molecule has 0 saturated carbocycles. The molecule has 6 nitrogen and oxygen atoms in total. The van der Waals surface area contributed by atoms with E-state index in [0.29, 0.717) is 0 Å². The molecule has 0 fully saturated rings. The van der Waals surface area contributed by atoms with E-state index in [4.69, 9.17) is 47.3 Å². The SMILES string of the molecule is C=COP1(Cl)=NP(Cl)(OC=C)=NP(Cl)(OC=C)=N1. The lowest BCUT2D eigenvalue weighted by molar-refractivity contribution is 0.520. The first kappa shape index (κ1) is 16.2. The van der Waals surface area contributed by atoms with Gasteiger partial charge in [-0.25, -0.2) is 0 Å². The smallest absolute Gasteiger partial charge is 0.353 e. The summed E-state index contributed by atoms with van der Waals surface area (Å²) in [6, 6.07) is 0. The Kier molecular flexibility index (Phi) is 5.49. The Balaban J connectivity index is 3.48. The van der Waals surface area contributed by atoms with Crippen molar-refractivity contribution in [3.63, 3.8) is 0 Å². The molecule has 0 saturated heterocycles. The average Bonchev–Trinajstić information content (AvgIpc) is 2.14. The van der Waals surface area contributed by atoms with Crippen LogP contribution in [0.4, 0.5) is 0 Å². The van der Waals surface area contributed by atoms with Crippen LogP contribution in [0.5, 0.6) is 0 Å². The standard InChI is InChI=1S/C6H9Cl3N3O3P3/c1-4-13-16(7)10-17(8,14-5-2)12-18(9,11-16)15-6-3/h4-6H,1-3H2. The molecule has 0 radical (unpaired) electrons. The molecule has 0 aromatic heterocycles. The molecule has 0 aromatic rings. The third-order valence-electron chi connectivity index (χ3n) is 1.29. The quantitative estimate of drug-likeness (QED) is 0.372. The molecule has 0 N–H and O–H groups in total. The number of halogens is 3. The molecule has 1 aliphatic rings. The molecule has 1 rings (SSSR count). The van der Waals surface area contributed by atoms with Crippen molar-refractivity contribution in [2.45, 2.75) is 0 Å². The maximum atomic E-state index is 6.10. The zero-order valence-electron chi connectivity index (χ0n) is 8.90. The van der Waals surface area contributed by atoms with Crippen LogP contribution >= 0.6 is 54.1 Å². The van der Waals surface area contributed by atoms with E-state index in [1.54, 1.807) is 0 Å². The summed E-state index contributed by atoms with van der Waals surface area (Å²) < 4.78 is 27.1. The third kappa shape index (κ3) is 4.09. The number of rotatable bonds is 6. The van der Waals surface area contributed by atoms with Gasteiger partial charge in [0, 0.05) is 0 Å². The van der Waals surface area contributed by atoms with Crippen LogP contribution in [-0.2, 0) is 13.6 Å². The van der Waals surface area contributed by atoms with Gasteiger partial charge in [0.25, 0.3) is 0 Å². The molecule has 1 heterocycles. The molecule has 1 aliphatic heterocycles. The van der Waals surface area contributed by atoms with Crippen molar-refractivity contribution in [2.75, 3.05) is 0 Å². The number of hydrogen-bond acceptors (Lipinski definition) is 6. The molecule has 0 aliphatic carbocycles. The second-order valence-corrected chi connectivity index (χ2v) is 12.1. The van der Waals surface area contributed by atoms with Gasteiger partial charge in [-0.1, -0.05) is 19.7 Å². The highest BCUT2D eigenvalue weighted by Gasteiger charge is 2.38. The largest absolute Gasteiger partial charge is 0.439 e. The van der Waals surface area contributed by atoms with Crippen LogP contribution in [0.1, 0.15) is 0 Å². The topological polar surface area (TPSA) is 64.8 Å². The fraction of sp³-hybridized carbons (Fsp3) is 0. The Morgan fingerprint density at radius 2 is 0.889 bits per heavy atom. The maximum Gasteiger partial charge on any atom is 0.353 e. The minimum atomic E-state index is -3.17. The summed E-state index contributed by atoms with van der Waals surface area (Å²) in [6.45, 7) is 0.625. The molecule has 102 valence electrons. The monoisotopic (exact) mass is 369 g/mol. The van der Waals surface area contributed by atoms with E-state index in [9.17, 15) is 0 Å². The first-order valence-corrected chi connectivity index (χ1v) is 11.7. The lowest BCUT2D eigenvalue weighted by atomic mass is 11.2. The third-order valence-corrected chi connectivity index (χ3v) is 12.2. The van der Waals surface area contributed by atoms with E-state index in [1.807, 2.05) is 0 Å². The summed E-state index contributed by atoms with van der Waals surface area (Å²) in [5.41, 5.74) is 0. The fourth-order valence-corrected chi connectivity index (χ4v) is 13.5. The summed E-state index contributed by atoms with van der Waals surface area (Å²) in [6.07, 6.45) is 3.26. The second kappa shape index (κ2) is 6.09. The predicted octanol–water partition coefficient (Wildman–Crippen LogP) is 7.04. The molecule has 12 heteroatoms. The Bertz CT molecular complexity index is 454. The van der Waals surface area contributed by atoms with Gasteiger partial charge in [-0.3, -0.25) is 0 Å². The van der Waals surface area contributed by atoms with Gasteiger partial charge in [0.05, 0.1) is 18.8 Å². The van der Waals surface area contributed by atoms with E-state index in [0.717, 1.165) is 18.8 Å². The van der Waals surface area contributed by atoms with Crippen molar-refractivity contribution < 1.29 is 13.6 Å². The normalized spacial score (nSPS) is 38.2. The lowest BCUT2D eigenvalue weighted by Crippen LogP contribution is -1.83. The average molecular weight is 370 g/mol. The molecule has 0 aromatic carbocycles. The van der Waals surface area contributed by atoms with Crippen LogP contribution in [-0.4, -0.2) is 0 Å². The van der Waals surface area contributed by atoms with E-state index in [2.05, 4.69) is 33.3 Å². The van der Waals surface area contributed by atoms with Crippen molar-refractivity contribution in [1.82, 2.24) is 0 Å². The van der Waals surface area contributed by atoms with Gasteiger partial charge in [0.15, 0.2) is 0 Å². The molecular formula is C6H9Cl3N3O3P3. The molecular weight excluding hydrogens is 361 g/mol. The minimum Gasteiger partial charge on any atom is -0.439 e. The first-order chi connectivity index (χ1) is 8.30. The van der Waals surface area contributed by atoms with Crippen LogP contribution in [0, 0.1) is 0 Å².